The summed E-state index contributed by atoms with van der Waals surface area (Å²) in [7, 11) is 0.691. The molecule has 0 aliphatic carbocycles. The zero-order chi connectivity index (χ0) is 11.3. The quantitative estimate of drug-likeness (QED) is 0.719. The molecule has 0 spiro atoms. The summed E-state index contributed by atoms with van der Waals surface area (Å²) in [4.78, 5) is 0. The summed E-state index contributed by atoms with van der Waals surface area (Å²) in [5, 5.41) is 0. The molecule has 0 radical (unpaired) electrons. The molecule has 1 rings (SSSR count). The first-order valence-electron chi connectivity index (χ1n) is 4.65. The van der Waals surface area contributed by atoms with E-state index in [1.165, 1.54) is 0 Å². The van der Waals surface area contributed by atoms with Crippen LogP contribution in [0.25, 0.3) is 6.08 Å². The molecule has 82 valence electrons. The van der Waals surface area contributed by atoms with Crippen molar-refractivity contribution in [3.05, 3.63) is 36.4 Å². The predicted molar refractivity (Wildman–Crippen MR) is 62.8 cm³/mol. The lowest BCUT2D eigenvalue weighted by atomic mass is 10.2. The van der Waals surface area contributed by atoms with Crippen molar-refractivity contribution in [1.29, 1.82) is 0 Å². The van der Waals surface area contributed by atoms with E-state index < -0.39 is 8.80 Å². The van der Waals surface area contributed by atoms with Gasteiger partial charge in [0.1, 0.15) is 5.75 Å². The topological polar surface area (TPSA) is 27.7 Å². The highest BCUT2D eigenvalue weighted by molar-refractivity contribution is 6.59. The number of benzene rings is 1. The summed E-state index contributed by atoms with van der Waals surface area (Å²) in [6, 6.07) is 7.62. The smallest absolute Gasteiger partial charge is 0.501 e. The van der Waals surface area contributed by atoms with Gasteiger partial charge in [0.05, 0.1) is 0 Å². The lowest BCUT2D eigenvalue weighted by Crippen LogP contribution is -2.43. The Hall–Kier alpha value is -1.10. The van der Waals surface area contributed by atoms with E-state index in [2.05, 4.69) is 6.58 Å². The molecule has 0 heterocycles. The van der Waals surface area contributed by atoms with Crippen molar-refractivity contribution in [3.8, 4) is 5.75 Å². The third kappa shape index (κ3) is 3.19. The maximum absolute atomic E-state index is 5.66. The van der Waals surface area contributed by atoms with Gasteiger partial charge >= 0.3 is 8.80 Å². The molecule has 0 N–H and O–H groups in total. The number of hydrogen-bond donors (Lipinski definition) is 0. The van der Waals surface area contributed by atoms with Gasteiger partial charge < -0.3 is 13.3 Å². The Morgan fingerprint density at radius 3 is 2.07 bits per heavy atom. The van der Waals surface area contributed by atoms with Crippen LogP contribution in [0.3, 0.4) is 0 Å². The van der Waals surface area contributed by atoms with Gasteiger partial charge in [-0.3, -0.25) is 0 Å². The first kappa shape index (κ1) is 12.0. The van der Waals surface area contributed by atoms with E-state index in [9.17, 15) is 0 Å². The molecule has 0 aromatic heterocycles. The van der Waals surface area contributed by atoms with E-state index in [1.807, 2.05) is 30.8 Å². The summed E-state index contributed by atoms with van der Waals surface area (Å²) in [6.07, 6.45) is 1.78. The van der Waals surface area contributed by atoms with E-state index in [1.54, 1.807) is 20.3 Å². The predicted octanol–water partition coefficient (Wildman–Crippen LogP) is 2.57. The Bertz CT molecular complexity index is 317. The SMILES string of the molecule is C=Cc1ccc(O[Si](C)(OC)OC)cc1. The van der Waals surface area contributed by atoms with Gasteiger partial charge in [-0.2, -0.15) is 0 Å². The summed E-state index contributed by atoms with van der Waals surface area (Å²) in [5.74, 6) is 0.749. The van der Waals surface area contributed by atoms with E-state index in [0.29, 0.717) is 0 Å². The highest BCUT2D eigenvalue weighted by Crippen LogP contribution is 2.18. The van der Waals surface area contributed by atoms with Gasteiger partial charge in [-0.25, -0.2) is 0 Å². The molecule has 0 amide bonds. The molecule has 1 aromatic carbocycles. The maximum Gasteiger partial charge on any atom is 0.562 e. The summed E-state index contributed by atoms with van der Waals surface area (Å²) in [6.45, 7) is 5.53. The van der Waals surface area contributed by atoms with Crippen molar-refractivity contribution in [2.24, 2.45) is 0 Å². The molecule has 0 fully saturated rings. The minimum absolute atomic E-state index is 0.749. The van der Waals surface area contributed by atoms with E-state index in [0.717, 1.165) is 11.3 Å². The summed E-state index contributed by atoms with van der Waals surface area (Å²) >= 11 is 0. The average Bonchev–Trinajstić information content (AvgIpc) is 2.30. The van der Waals surface area contributed by atoms with Gasteiger partial charge in [0.15, 0.2) is 0 Å². The van der Waals surface area contributed by atoms with Crippen LogP contribution in [0, 0.1) is 0 Å². The summed E-state index contributed by atoms with van der Waals surface area (Å²) < 4.78 is 16.1. The van der Waals surface area contributed by atoms with Crippen molar-refractivity contribution >= 4 is 14.9 Å². The van der Waals surface area contributed by atoms with Crippen molar-refractivity contribution < 1.29 is 13.3 Å². The standard InChI is InChI=1S/C11H16O3Si/c1-5-10-6-8-11(9-7-10)14-15(4,12-2)13-3/h5-9H,1H2,2-4H3. The lowest BCUT2D eigenvalue weighted by molar-refractivity contribution is 0.169. The van der Waals surface area contributed by atoms with E-state index >= 15 is 0 Å². The van der Waals surface area contributed by atoms with E-state index in [-0.39, 0.29) is 0 Å². The van der Waals surface area contributed by atoms with Crippen LogP contribution in [-0.2, 0) is 8.85 Å². The number of hydrogen-bond acceptors (Lipinski definition) is 3. The molecule has 0 unspecified atom stereocenters. The second-order valence-electron chi connectivity index (χ2n) is 3.15. The minimum atomic E-state index is -2.49. The molecule has 0 atom stereocenters. The zero-order valence-electron chi connectivity index (χ0n) is 9.32. The third-order valence-electron chi connectivity index (χ3n) is 2.16. The molecule has 4 heteroatoms. The Balaban J connectivity index is 2.76. The van der Waals surface area contributed by atoms with Gasteiger partial charge in [-0.15, -0.1) is 0 Å². The van der Waals surface area contributed by atoms with Gasteiger partial charge in [-0.05, 0) is 17.7 Å². The first-order valence-corrected chi connectivity index (χ1v) is 6.88. The lowest BCUT2D eigenvalue weighted by Gasteiger charge is -2.22. The maximum atomic E-state index is 5.66. The number of rotatable bonds is 5. The normalized spacial score (nSPS) is 11.1. The second kappa shape index (κ2) is 5.11. The van der Waals surface area contributed by atoms with Crippen LogP contribution in [0.15, 0.2) is 30.8 Å². The molecule has 0 aliphatic rings. The zero-order valence-corrected chi connectivity index (χ0v) is 10.3. The highest BCUT2D eigenvalue weighted by atomic mass is 28.4. The van der Waals surface area contributed by atoms with Crippen LogP contribution in [0.2, 0.25) is 6.55 Å². The molecule has 0 saturated carbocycles. The molecule has 15 heavy (non-hydrogen) atoms. The molecule has 0 saturated heterocycles. The van der Waals surface area contributed by atoms with Gasteiger partial charge in [0.2, 0.25) is 0 Å². The molecular weight excluding hydrogens is 208 g/mol. The van der Waals surface area contributed by atoms with Crippen molar-refractivity contribution in [1.82, 2.24) is 0 Å². The van der Waals surface area contributed by atoms with Crippen molar-refractivity contribution in [3.63, 3.8) is 0 Å². The highest BCUT2D eigenvalue weighted by Gasteiger charge is 2.34. The van der Waals surface area contributed by atoms with Crippen LogP contribution in [0.4, 0.5) is 0 Å². The fraction of sp³-hybridized carbons (Fsp3) is 0.273. The Morgan fingerprint density at radius 1 is 1.13 bits per heavy atom. The first-order chi connectivity index (χ1) is 7.13. The molecule has 1 aromatic rings. The van der Waals surface area contributed by atoms with Gasteiger partial charge in [0, 0.05) is 20.8 Å². The van der Waals surface area contributed by atoms with E-state index in [4.69, 9.17) is 13.3 Å². The van der Waals surface area contributed by atoms with Crippen molar-refractivity contribution in [2.75, 3.05) is 14.2 Å². The average molecular weight is 224 g/mol. The van der Waals surface area contributed by atoms with Gasteiger partial charge in [0.25, 0.3) is 0 Å². The molecular formula is C11H16O3Si. The molecule has 0 aliphatic heterocycles. The largest absolute Gasteiger partial charge is 0.562 e. The van der Waals surface area contributed by atoms with Crippen LogP contribution in [0.1, 0.15) is 5.56 Å². The van der Waals surface area contributed by atoms with Crippen LogP contribution in [0.5, 0.6) is 5.75 Å². The Labute approximate surface area is 91.7 Å². The summed E-state index contributed by atoms with van der Waals surface area (Å²) in [5.41, 5.74) is 1.06. The molecule has 0 bridgehead atoms. The Kier molecular flexibility index (Phi) is 4.08. The third-order valence-corrected chi connectivity index (χ3v) is 4.25. The fourth-order valence-electron chi connectivity index (χ4n) is 1.05. The monoisotopic (exact) mass is 224 g/mol. The Morgan fingerprint density at radius 2 is 1.67 bits per heavy atom. The fourth-order valence-corrected chi connectivity index (χ4v) is 1.95. The molecule has 3 nitrogen and oxygen atoms in total. The van der Waals surface area contributed by atoms with Gasteiger partial charge in [-0.1, -0.05) is 24.8 Å². The van der Waals surface area contributed by atoms with Crippen LogP contribution in [-0.4, -0.2) is 23.0 Å². The second-order valence-corrected chi connectivity index (χ2v) is 5.89. The minimum Gasteiger partial charge on any atom is -0.501 e. The van der Waals surface area contributed by atoms with Crippen molar-refractivity contribution in [2.45, 2.75) is 6.55 Å². The van der Waals surface area contributed by atoms with Crippen LogP contribution < -0.4 is 4.43 Å². The van der Waals surface area contributed by atoms with Crippen LogP contribution >= 0.6 is 0 Å².